The van der Waals surface area contributed by atoms with Gasteiger partial charge in [-0.15, -0.1) is 0 Å². The molecule has 0 radical (unpaired) electrons. The summed E-state index contributed by atoms with van der Waals surface area (Å²) < 4.78 is 31.3. The lowest BCUT2D eigenvalue weighted by atomic mass is 10.1. The fourth-order valence-corrected chi connectivity index (χ4v) is 2.11. The molecular weight excluding hydrogens is 244 g/mol. The van der Waals surface area contributed by atoms with Crippen LogP contribution in [0.3, 0.4) is 0 Å². The van der Waals surface area contributed by atoms with Gasteiger partial charge in [0.05, 0.1) is 18.4 Å². The van der Waals surface area contributed by atoms with Crippen molar-refractivity contribution in [2.45, 2.75) is 38.2 Å². The molecule has 0 unspecified atom stereocenters. The molecule has 0 heterocycles. The second-order valence-electron chi connectivity index (χ2n) is 4.62. The van der Waals surface area contributed by atoms with Crippen LogP contribution in [0.4, 0.5) is 0 Å². The van der Waals surface area contributed by atoms with Gasteiger partial charge in [0.15, 0.2) is 0 Å². The van der Waals surface area contributed by atoms with Gasteiger partial charge in [0.25, 0.3) is 10.1 Å². The summed E-state index contributed by atoms with van der Waals surface area (Å²) in [5, 5.41) is 0. The molecule has 1 fully saturated rings. The molecule has 0 spiro atoms. The third-order valence-electron chi connectivity index (χ3n) is 2.74. The Labute approximate surface area is 102 Å². The number of ether oxygens (including phenoxy) is 1. The standard InChI is InChI=1S/C11H18O5S/c1-9(8-15-17(3,13)14)10(12)16-11(2)6-4-5-7-11/h1,4-8H2,2-3H3. The van der Waals surface area contributed by atoms with E-state index in [-0.39, 0.29) is 12.2 Å². The number of carbonyl (C=O) groups is 1. The summed E-state index contributed by atoms with van der Waals surface area (Å²) in [6.07, 6.45) is 4.66. The highest BCUT2D eigenvalue weighted by Gasteiger charge is 2.33. The van der Waals surface area contributed by atoms with Crippen molar-refractivity contribution in [1.29, 1.82) is 0 Å². The van der Waals surface area contributed by atoms with E-state index >= 15 is 0 Å². The van der Waals surface area contributed by atoms with E-state index in [1.807, 2.05) is 6.92 Å². The van der Waals surface area contributed by atoms with Crippen molar-refractivity contribution in [2.24, 2.45) is 0 Å². The number of carbonyl (C=O) groups excluding carboxylic acids is 1. The number of hydrogen-bond acceptors (Lipinski definition) is 5. The lowest BCUT2D eigenvalue weighted by Crippen LogP contribution is -2.29. The quantitative estimate of drug-likeness (QED) is 0.425. The average Bonchev–Trinajstić information content (AvgIpc) is 2.60. The Kier molecular flexibility index (Phi) is 4.32. The maximum Gasteiger partial charge on any atom is 0.336 e. The minimum atomic E-state index is -3.56. The van der Waals surface area contributed by atoms with Gasteiger partial charge in [-0.05, 0) is 32.6 Å². The first-order chi connectivity index (χ1) is 7.72. The molecular formula is C11H18O5S. The Balaban J connectivity index is 2.45. The minimum Gasteiger partial charge on any atom is -0.456 e. The fourth-order valence-electron chi connectivity index (χ4n) is 1.76. The molecule has 0 aromatic heterocycles. The van der Waals surface area contributed by atoms with Crippen molar-refractivity contribution < 1.29 is 22.1 Å². The maximum absolute atomic E-state index is 11.6. The molecule has 1 rings (SSSR count). The van der Waals surface area contributed by atoms with E-state index in [1.54, 1.807) is 0 Å². The van der Waals surface area contributed by atoms with E-state index in [1.165, 1.54) is 0 Å². The topological polar surface area (TPSA) is 69.7 Å². The van der Waals surface area contributed by atoms with Gasteiger partial charge in [0, 0.05) is 0 Å². The molecule has 5 nitrogen and oxygen atoms in total. The molecule has 6 heteroatoms. The third-order valence-corrected chi connectivity index (χ3v) is 3.28. The second kappa shape index (κ2) is 5.18. The molecule has 0 saturated heterocycles. The molecule has 0 aromatic carbocycles. The van der Waals surface area contributed by atoms with Crippen molar-refractivity contribution in [2.75, 3.05) is 12.9 Å². The monoisotopic (exact) mass is 262 g/mol. The number of rotatable bonds is 5. The molecule has 0 atom stereocenters. The molecule has 0 N–H and O–H groups in total. The summed E-state index contributed by atoms with van der Waals surface area (Å²) in [7, 11) is -3.56. The molecule has 0 aliphatic heterocycles. The van der Waals surface area contributed by atoms with Gasteiger partial charge in [-0.1, -0.05) is 6.58 Å². The highest BCUT2D eigenvalue weighted by Crippen LogP contribution is 2.33. The smallest absolute Gasteiger partial charge is 0.336 e. The number of esters is 1. The normalized spacial score (nSPS) is 18.9. The van der Waals surface area contributed by atoms with Gasteiger partial charge in [-0.3, -0.25) is 4.18 Å². The highest BCUT2D eigenvalue weighted by atomic mass is 32.2. The highest BCUT2D eigenvalue weighted by molar-refractivity contribution is 7.86. The molecule has 0 aromatic rings. The van der Waals surface area contributed by atoms with Crippen LogP contribution in [0.5, 0.6) is 0 Å². The largest absolute Gasteiger partial charge is 0.456 e. The summed E-state index contributed by atoms with van der Waals surface area (Å²) in [6, 6.07) is 0. The molecule has 17 heavy (non-hydrogen) atoms. The second-order valence-corrected chi connectivity index (χ2v) is 6.26. The number of hydrogen-bond donors (Lipinski definition) is 0. The molecule has 0 amide bonds. The predicted molar refractivity (Wildman–Crippen MR) is 62.9 cm³/mol. The first-order valence-electron chi connectivity index (χ1n) is 5.47. The van der Waals surface area contributed by atoms with Crippen molar-refractivity contribution in [3.8, 4) is 0 Å². The molecule has 0 bridgehead atoms. The van der Waals surface area contributed by atoms with Crippen molar-refractivity contribution in [1.82, 2.24) is 0 Å². The van der Waals surface area contributed by atoms with Gasteiger partial charge in [-0.25, -0.2) is 4.79 Å². The maximum atomic E-state index is 11.6. The summed E-state index contributed by atoms with van der Waals surface area (Å²) in [5.41, 5.74) is -0.422. The molecule has 1 aliphatic rings. The van der Waals surface area contributed by atoms with E-state index in [2.05, 4.69) is 10.8 Å². The lowest BCUT2D eigenvalue weighted by Gasteiger charge is -2.24. The van der Waals surface area contributed by atoms with Crippen LogP contribution in [-0.4, -0.2) is 32.9 Å². The van der Waals surface area contributed by atoms with E-state index < -0.39 is 21.7 Å². The zero-order chi connectivity index (χ0) is 13.1. The van der Waals surface area contributed by atoms with E-state index in [9.17, 15) is 13.2 Å². The van der Waals surface area contributed by atoms with Crippen LogP contribution in [0.25, 0.3) is 0 Å². The zero-order valence-electron chi connectivity index (χ0n) is 10.2. The van der Waals surface area contributed by atoms with Crippen molar-refractivity contribution >= 4 is 16.1 Å². The Morgan fingerprint density at radius 3 is 2.35 bits per heavy atom. The van der Waals surface area contributed by atoms with E-state index in [0.29, 0.717) is 0 Å². The molecule has 1 aliphatic carbocycles. The average molecular weight is 262 g/mol. The zero-order valence-corrected chi connectivity index (χ0v) is 11.0. The SMILES string of the molecule is C=C(COS(C)(=O)=O)C(=O)OC1(C)CCCC1. The Morgan fingerprint density at radius 2 is 1.88 bits per heavy atom. The first kappa shape index (κ1) is 14.2. The van der Waals surface area contributed by atoms with Gasteiger partial charge in [-0.2, -0.15) is 8.42 Å². The van der Waals surface area contributed by atoms with Gasteiger partial charge >= 0.3 is 5.97 Å². The van der Waals surface area contributed by atoms with E-state index in [4.69, 9.17) is 4.74 Å². The van der Waals surface area contributed by atoms with Gasteiger partial charge in [0.1, 0.15) is 5.60 Å². The third kappa shape index (κ3) is 4.87. The summed E-state index contributed by atoms with van der Waals surface area (Å²) in [4.78, 5) is 11.6. The predicted octanol–water partition coefficient (Wildman–Crippen LogP) is 1.39. The van der Waals surface area contributed by atoms with Crippen LogP contribution >= 0.6 is 0 Å². The van der Waals surface area contributed by atoms with Crippen LogP contribution in [-0.2, 0) is 23.8 Å². The van der Waals surface area contributed by atoms with Crippen LogP contribution < -0.4 is 0 Å². The molecule has 98 valence electrons. The molecule has 1 saturated carbocycles. The van der Waals surface area contributed by atoms with E-state index in [0.717, 1.165) is 31.9 Å². The minimum absolute atomic E-state index is 0.0172. The summed E-state index contributed by atoms with van der Waals surface area (Å²) >= 11 is 0. The summed E-state index contributed by atoms with van der Waals surface area (Å²) in [5.74, 6) is -0.585. The Hall–Kier alpha value is -0.880. The van der Waals surface area contributed by atoms with Crippen molar-refractivity contribution in [3.63, 3.8) is 0 Å². The van der Waals surface area contributed by atoms with Crippen LogP contribution in [0.2, 0.25) is 0 Å². The first-order valence-corrected chi connectivity index (χ1v) is 7.29. The Bertz CT molecular complexity index is 404. The van der Waals surface area contributed by atoms with Crippen LogP contribution in [0, 0.1) is 0 Å². The van der Waals surface area contributed by atoms with Crippen LogP contribution in [0.1, 0.15) is 32.6 Å². The fraction of sp³-hybridized carbons (Fsp3) is 0.727. The van der Waals surface area contributed by atoms with Crippen LogP contribution in [0.15, 0.2) is 12.2 Å². The lowest BCUT2D eigenvalue weighted by molar-refractivity contribution is -0.152. The Morgan fingerprint density at radius 1 is 1.35 bits per heavy atom. The van der Waals surface area contributed by atoms with Gasteiger partial charge in [0.2, 0.25) is 0 Å². The summed E-state index contributed by atoms with van der Waals surface area (Å²) in [6.45, 7) is 4.99. The van der Waals surface area contributed by atoms with Crippen molar-refractivity contribution in [3.05, 3.63) is 12.2 Å². The van der Waals surface area contributed by atoms with Gasteiger partial charge < -0.3 is 4.74 Å².